The quantitative estimate of drug-likeness (QED) is 0.471. The largest absolute Gasteiger partial charge is 0.504 e. The van der Waals surface area contributed by atoms with Gasteiger partial charge >= 0.3 is 0 Å². The molecule has 0 aromatic heterocycles. The van der Waals surface area contributed by atoms with Gasteiger partial charge in [0.15, 0.2) is 17.5 Å². The molecule has 1 aliphatic heterocycles. The molecular formula is C20H31N5O3. The molecule has 1 saturated heterocycles. The Labute approximate surface area is 166 Å². The molecule has 0 atom stereocenters. The second kappa shape index (κ2) is 9.64. The summed E-state index contributed by atoms with van der Waals surface area (Å²) >= 11 is 0. The lowest BCUT2D eigenvalue weighted by Gasteiger charge is -2.36. The minimum Gasteiger partial charge on any atom is -0.504 e. The average molecular weight is 390 g/mol. The summed E-state index contributed by atoms with van der Waals surface area (Å²) < 4.78 is 5.08. The highest BCUT2D eigenvalue weighted by Gasteiger charge is 2.25. The van der Waals surface area contributed by atoms with Crippen molar-refractivity contribution in [2.24, 2.45) is 4.99 Å². The van der Waals surface area contributed by atoms with Gasteiger partial charge in [0, 0.05) is 38.8 Å². The Morgan fingerprint density at radius 3 is 2.64 bits per heavy atom. The smallest absolute Gasteiger partial charge is 0.234 e. The Hall–Kier alpha value is -2.48. The van der Waals surface area contributed by atoms with Crippen molar-refractivity contribution in [3.63, 3.8) is 0 Å². The maximum absolute atomic E-state index is 12.0. The monoisotopic (exact) mass is 389 g/mol. The molecule has 1 aromatic rings. The summed E-state index contributed by atoms with van der Waals surface area (Å²) in [6.45, 7) is 7.13. The van der Waals surface area contributed by atoms with Gasteiger partial charge in [0.05, 0.1) is 20.2 Å². The van der Waals surface area contributed by atoms with E-state index in [9.17, 15) is 9.90 Å². The summed E-state index contributed by atoms with van der Waals surface area (Å²) in [5.41, 5.74) is 0.920. The molecule has 8 heteroatoms. The number of nitrogens with zero attached hydrogens (tertiary/aromatic N) is 3. The zero-order valence-corrected chi connectivity index (χ0v) is 16.8. The van der Waals surface area contributed by atoms with Crippen molar-refractivity contribution in [1.29, 1.82) is 0 Å². The molecule has 1 amide bonds. The number of ether oxygens (including phenoxy) is 1. The van der Waals surface area contributed by atoms with Crippen LogP contribution in [0.4, 0.5) is 0 Å². The van der Waals surface area contributed by atoms with Crippen LogP contribution >= 0.6 is 0 Å². The molecule has 0 spiro atoms. The van der Waals surface area contributed by atoms with Gasteiger partial charge in [0.1, 0.15) is 0 Å². The van der Waals surface area contributed by atoms with Crippen molar-refractivity contribution in [2.75, 3.05) is 46.4 Å². The third-order valence-electron chi connectivity index (χ3n) is 4.97. The van der Waals surface area contributed by atoms with E-state index >= 15 is 0 Å². The number of methoxy groups -OCH3 is 1. The van der Waals surface area contributed by atoms with Crippen LogP contribution < -0.4 is 15.4 Å². The van der Waals surface area contributed by atoms with E-state index in [0.717, 1.165) is 57.1 Å². The summed E-state index contributed by atoms with van der Waals surface area (Å²) in [4.78, 5) is 21.1. The van der Waals surface area contributed by atoms with E-state index in [1.807, 2.05) is 13.0 Å². The van der Waals surface area contributed by atoms with Crippen LogP contribution in [0.1, 0.15) is 25.3 Å². The maximum atomic E-state index is 12.0. The average Bonchev–Trinajstić information content (AvgIpc) is 3.50. The number of aromatic hydroxyl groups is 1. The highest BCUT2D eigenvalue weighted by atomic mass is 16.5. The highest BCUT2D eigenvalue weighted by molar-refractivity contribution is 5.80. The SMILES string of the molecule is CCNC(=NCc1ccc(OC)c(O)c1)N1CCN(CC(=O)NC2CC2)CC1. The number of hydrogen-bond acceptors (Lipinski definition) is 5. The first-order valence-electron chi connectivity index (χ1n) is 10.00. The van der Waals surface area contributed by atoms with Crippen molar-refractivity contribution < 1.29 is 14.6 Å². The van der Waals surface area contributed by atoms with E-state index < -0.39 is 0 Å². The van der Waals surface area contributed by atoms with Crippen molar-refractivity contribution in [3.05, 3.63) is 23.8 Å². The first kappa shape index (κ1) is 20.3. The standard InChI is InChI=1S/C20H31N5O3/c1-3-21-20(22-13-15-4-7-18(28-2)17(26)12-15)25-10-8-24(9-11-25)14-19(27)23-16-5-6-16/h4,7,12,16,26H,3,5-6,8-11,13-14H2,1-2H3,(H,21,22)(H,23,27). The zero-order valence-electron chi connectivity index (χ0n) is 16.8. The van der Waals surface area contributed by atoms with Gasteiger partial charge in [0.2, 0.25) is 5.91 Å². The second-order valence-corrected chi connectivity index (χ2v) is 7.28. The number of guanidine groups is 1. The van der Waals surface area contributed by atoms with Crippen molar-refractivity contribution in [2.45, 2.75) is 32.4 Å². The summed E-state index contributed by atoms with van der Waals surface area (Å²) in [6, 6.07) is 5.75. The molecule has 0 radical (unpaired) electrons. The molecular weight excluding hydrogens is 358 g/mol. The van der Waals surface area contributed by atoms with Crippen molar-refractivity contribution in [1.82, 2.24) is 20.4 Å². The molecule has 3 N–H and O–H groups in total. The molecule has 2 aliphatic rings. The number of carbonyl (C=O) groups is 1. The lowest BCUT2D eigenvalue weighted by molar-refractivity contribution is -0.122. The fraction of sp³-hybridized carbons (Fsp3) is 0.600. The second-order valence-electron chi connectivity index (χ2n) is 7.28. The van der Waals surface area contributed by atoms with Crippen LogP contribution in [0.15, 0.2) is 23.2 Å². The molecule has 2 fully saturated rings. The summed E-state index contributed by atoms with van der Waals surface area (Å²) in [7, 11) is 1.53. The highest BCUT2D eigenvalue weighted by Crippen LogP contribution is 2.26. The lowest BCUT2D eigenvalue weighted by Crippen LogP contribution is -2.54. The molecule has 3 rings (SSSR count). The number of aliphatic imine (C=N–C) groups is 1. The Morgan fingerprint density at radius 1 is 1.29 bits per heavy atom. The number of carbonyl (C=O) groups excluding carboxylic acids is 1. The molecule has 154 valence electrons. The Balaban J connectivity index is 1.52. The third-order valence-corrected chi connectivity index (χ3v) is 4.97. The van der Waals surface area contributed by atoms with E-state index in [-0.39, 0.29) is 11.7 Å². The van der Waals surface area contributed by atoms with Crippen LogP contribution in [0, 0.1) is 0 Å². The molecule has 28 heavy (non-hydrogen) atoms. The maximum Gasteiger partial charge on any atom is 0.234 e. The van der Waals surface area contributed by atoms with Gasteiger partial charge in [-0.2, -0.15) is 0 Å². The van der Waals surface area contributed by atoms with Gasteiger partial charge in [0.25, 0.3) is 0 Å². The normalized spacial score (nSPS) is 18.1. The number of phenols is 1. The summed E-state index contributed by atoms with van der Waals surface area (Å²) in [5.74, 6) is 1.58. The molecule has 1 aliphatic carbocycles. The molecule has 1 saturated carbocycles. The van der Waals surface area contributed by atoms with E-state index in [1.54, 1.807) is 12.1 Å². The predicted octanol–water partition coefficient (Wildman–Crippen LogP) is 0.763. The Kier molecular flexibility index (Phi) is 6.97. The number of rotatable bonds is 7. The third kappa shape index (κ3) is 5.76. The number of nitrogens with one attached hydrogen (secondary N) is 2. The van der Waals surface area contributed by atoms with Gasteiger partial charge in [-0.05, 0) is 37.5 Å². The molecule has 1 heterocycles. The first-order chi connectivity index (χ1) is 13.6. The minimum absolute atomic E-state index is 0.123. The summed E-state index contributed by atoms with van der Waals surface area (Å²) in [5, 5.41) is 16.3. The summed E-state index contributed by atoms with van der Waals surface area (Å²) in [6.07, 6.45) is 2.24. The zero-order chi connectivity index (χ0) is 19.9. The van der Waals surface area contributed by atoms with Crippen LogP contribution in [-0.4, -0.2) is 79.2 Å². The van der Waals surface area contributed by atoms with Gasteiger partial charge in [-0.15, -0.1) is 0 Å². The van der Waals surface area contributed by atoms with Gasteiger partial charge in [-0.3, -0.25) is 9.69 Å². The predicted molar refractivity (Wildman–Crippen MR) is 109 cm³/mol. The molecule has 1 aromatic carbocycles. The first-order valence-corrected chi connectivity index (χ1v) is 10.00. The van der Waals surface area contributed by atoms with E-state index in [2.05, 4.69) is 20.4 Å². The molecule has 8 nitrogen and oxygen atoms in total. The Morgan fingerprint density at radius 2 is 2.04 bits per heavy atom. The number of phenolic OH excluding ortho intramolecular Hbond substituents is 1. The number of hydrogen-bond donors (Lipinski definition) is 3. The van der Waals surface area contributed by atoms with Crippen LogP contribution in [-0.2, 0) is 11.3 Å². The van der Waals surface area contributed by atoms with E-state index in [0.29, 0.717) is 24.9 Å². The van der Waals surface area contributed by atoms with Crippen molar-refractivity contribution >= 4 is 11.9 Å². The van der Waals surface area contributed by atoms with Crippen LogP contribution in [0.25, 0.3) is 0 Å². The number of benzene rings is 1. The van der Waals surface area contributed by atoms with Gasteiger partial charge in [-0.25, -0.2) is 4.99 Å². The fourth-order valence-electron chi connectivity index (χ4n) is 3.25. The van der Waals surface area contributed by atoms with E-state index in [1.165, 1.54) is 7.11 Å². The van der Waals surface area contributed by atoms with Crippen LogP contribution in [0.2, 0.25) is 0 Å². The van der Waals surface area contributed by atoms with Crippen LogP contribution in [0.5, 0.6) is 11.5 Å². The number of amides is 1. The van der Waals surface area contributed by atoms with Gasteiger partial charge in [-0.1, -0.05) is 6.07 Å². The molecule has 0 bridgehead atoms. The fourth-order valence-corrected chi connectivity index (χ4v) is 3.25. The topological polar surface area (TPSA) is 89.4 Å². The molecule has 0 unspecified atom stereocenters. The Bertz CT molecular complexity index is 697. The van der Waals surface area contributed by atoms with E-state index in [4.69, 9.17) is 9.73 Å². The minimum atomic E-state index is 0.123. The number of piperazine rings is 1. The van der Waals surface area contributed by atoms with Gasteiger partial charge < -0.3 is 25.4 Å². The lowest BCUT2D eigenvalue weighted by atomic mass is 10.2. The van der Waals surface area contributed by atoms with Crippen molar-refractivity contribution in [3.8, 4) is 11.5 Å². The van der Waals surface area contributed by atoms with Crippen LogP contribution in [0.3, 0.4) is 0 Å².